The molecule has 0 N–H and O–H groups in total. The van der Waals surface area contributed by atoms with Crippen LogP contribution in [0.25, 0.3) is 0 Å². The summed E-state index contributed by atoms with van der Waals surface area (Å²) in [7, 11) is 0. The van der Waals surface area contributed by atoms with Crippen molar-refractivity contribution in [1.29, 1.82) is 0 Å². The Balaban J connectivity index is 2.39. The Morgan fingerprint density at radius 2 is 2.50 bits per heavy atom. The summed E-state index contributed by atoms with van der Waals surface area (Å²) in [5, 5.41) is 0. The van der Waals surface area contributed by atoms with E-state index in [0.717, 1.165) is 13.0 Å². The highest BCUT2D eigenvalue weighted by atomic mass is 16.5. The summed E-state index contributed by atoms with van der Waals surface area (Å²) >= 11 is 0. The maximum absolute atomic E-state index is 10.7. The molecule has 1 heterocycles. The van der Waals surface area contributed by atoms with Crippen LogP contribution in [0.1, 0.15) is 13.3 Å². The van der Waals surface area contributed by atoms with E-state index in [1.165, 1.54) is 0 Å². The third-order valence-corrected chi connectivity index (χ3v) is 1.49. The fourth-order valence-corrected chi connectivity index (χ4v) is 0.736. The molecule has 0 unspecified atom stereocenters. The number of hydrogen-bond acceptors (Lipinski definition) is 2. The molecule has 0 bridgehead atoms. The van der Waals surface area contributed by atoms with Gasteiger partial charge in [0.25, 0.3) is 0 Å². The minimum absolute atomic E-state index is 0.240. The van der Waals surface area contributed by atoms with Gasteiger partial charge in [-0.05, 0) is 6.42 Å². The molecule has 1 saturated heterocycles. The van der Waals surface area contributed by atoms with Crippen LogP contribution in [-0.2, 0) is 9.53 Å². The number of Topliss-reactive ketones (excluding diaryl/α,β-unsaturated/α-hetero) is 1. The summed E-state index contributed by atoms with van der Waals surface area (Å²) in [6, 6.07) is 0. The van der Waals surface area contributed by atoms with Gasteiger partial charge in [0.15, 0.2) is 5.78 Å². The van der Waals surface area contributed by atoms with E-state index in [-0.39, 0.29) is 11.7 Å². The third-order valence-electron chi connectivity index (χ3n) is 1.49. The second kappa shape index (κ2) is 2.27. The molecule has 1 atom stereocenters. The van der Waals surface area contributed by atoms with E-state index >= 15 is 0 Å². The molecule has 0 spiro atoms. The number of ether oxygens (including phenoxy) is 1. The fourth-order valence-electron chi connectivity index (χ4n) is 0.736. The molecule has 8 heavy (non-hydrogen) atoms. The van der Waals surface area contributed by atoms with E-state index in [1.807, 2.05) is 6.92 Å². The predicted octanol–water partition coefficient (Wildman–Crippen LogP) is 0.612. The highest BCUT2D eigenvalue weighted by Crippen LogP contribution is 2.08. The van der Waals surface area contributed by atoms with Crippen LogP contribution in [0.2, 0.25) is 0 Å². The van der Waals surface area contributed by atoms with Crippen molar-refractivity contribution in [2.45, 2.75) is 13.3 Å². The number of ketones is 1. The van der Waals surface area contributed by atoms with Gasteiger partial charge in [-0.1, -0.05) is 6.92 Å². The van der Waals surface area contributed by atoms with Crippen molar-refractivity contribution in [2.75, 3.05) is 13.2 Å². The first-order chi connectivity index (χ1) is 3.80. The molecule has 0 aliphatic carbocycles. The lowest BCUT2D eigenvalue weighted by molar-refractivity contribution is -0.131. The molecule has 46 valence electrons. The Labute approximate surface area is 48.8 Å². The summed E-state index contributed by atoms with van der Waals surface area (Å²) in [4.78, 5) is 10.7. The van der Waals surface area contributed by atoms with Gasteiger partial charge in [-0.15, -0.1) is 0 Å². The van der Waals surface area contributed by atoms with E-state index in [2.05, 4.69) is 0 Å². The molecule has 1 aliphatic rings. The first kappa shape index (κ1) is 5.76. The van der Waals surface area contributed by atoms with Gasteiger partial charge < -0.3 is 4.74 Å². The number of carbonyl (C=O) groups is 1. The Morgan fingerprint density at radius 3 is 2.88 bits per heavy atom. The van der Waals surface area contributed by atoms with Gasteiger partial charge in [0.2, 0.25) is 0 Å². The lowest BCUT2D eigenvalue weighted by Gasteiger charge is -2.15. The second-order valence-electron chi connectivity index (χ2n) is 2.21. The maximum atomic E-state index is 10.7. The van der Waals surface area contributed by atoms with Gasteiger partial charge in [0, 0.05) is 12.5 Å². The first-order valence-corrected chi connectivity index (χ1v) is 2.91. The molecule has 0 aromatic carbocycles. The molecule has 2 nitrogen and oxygen atoms in total. The molecule has 1 fully saturated rings. The van der Waals surface area contributed by atoms with Crippen molar-refractivity contribution in [3.63, 3.8) is 0 Å². The fraction of sp³-hybridized carbons (Fsp3) is 0.833. The van der Waals surface area contributed by atoms with Crippen LogP contribution in [-0.4, -0.2) is 19.0 Å². The molecular formula is C6H10O2. The second-order valence-corrected chi connectivity index (χ2v) is 2.21. The Morgan fingerprint density at radius 1 is 1.75 bits per heavy atom. The lowest BCUT2D eigenvalue weighted by atomic mass is 10.0. The van der Waals surface area contributed by atoms with E-state index in [1.54, 1.807) is 0 Å². The van der Waals surface area contributed by atoms with Crippen LogP contribution >= 0.6 is 0 Å². The van der Waals surface area contributed by atoms with Gasteiger partial charge >= 0.3 is 0 Å². The van der Waals surface area contributed by atoms with E-state index < -0.39 is 0 Å². The number of rotatable bonds is 0. The van der Waals surface area contributed by atoms with Crippen molar-refractivity contribution >= 4 is 5.78 Å². The Bertz CT molecular complexity index is 98.7. The quantitative estimate of drug-likeness (QED) is 0.461. The van der Waals surface area contributed by atoms with Crippen LogP contribution in [0.3, 0.4) is 0 Å². The molecule has 0 radical (unpaired) electrons. The van der Waals surface area contributed by atoms with Crippen molar-refractivity contribution in [3.8, 4) is 0 Å². The monoisotopic (exact) mass is 114 g/mol. The van der Waals surface area contributed by atoms with Crippen LogP contribution in [0, 0.1) is 5.92 Å². The van der Waals surface area contributed by atoms with E-state index in [0.29, 0.717) is 6.61 Å². The maximum Gasteiger partial charge on any atom is 0.161 e. The van der Waals surface area contributed by atoms with Crippen LogP contribution in [0.15, 0.2) is 0 Å². The van der Waals surface area contributed by atoms with Gasteiger partial charge in [-0.2, -0.15) is 0 Å². The van der Waals surface area contributed by atoms with E-state index in [4.69, 9.17) is 4.74 Å². The van der Waals surface area contributed by atoms with Crippen LogP contribution in [0.4, 0.5) is 0 Å². The summed E-state index contributed by atoms with van der Waals surface area (Å²) in [6.45, 7) is 3.04. The number of hydrogen-bond donors (Lipinski definition) is 0. The van der Waals surface area contributed by atoms with Gasteiger partial charge in [0.1, 0.15) is 6.61 Å². The van der Waals surface area contributed by atoms with Gasteiger partial charge in [-0.3, -0.25) is 4.79 Å². The van der Waals surface area contributed by atoms with Crippen LogP contribution in [0.5, 0.6) is 0 Å². The molecule has 2 heteroatoms. The predicted molar refractivity (Wildman–Crippen MR) is 29.6 cm³/mol. The SMILES string of the molecule is C[C@H]1CCOCC1=O. The summed E-state index contributed by atoms with van der Waals surface area (Å²) < 4.78 is 4.90. The molecule has 0 saturated carbocycles. The zero-order valence-corrected chi connectivity index (χ0v) is 5.02. The summed E-state index contributed by atoms with van der Waals surface area (Å²) in [5.41, 5.74) is 0. The topological polar surface area (TPSA) is 26.3 Å². The third kappa shape index (κ3) is 1.07. The van der Waals surface area contributed by atoms with Gasteiger partial charge in [0.05, 0.1) is 0 Å². The summed E-state index contributed by atoms with van der Waals surface area (Å²) in [6.07, 6.45) is 0.902. The number of carbonyl (C=O) groups excluding carboxylic acids is 1. The smallest absolute Gasteiger partial charge is 0.161 e. The van der Waals surface area contributed by atoms with Crippen molar-refractivity contribution < 1.29 is 9.53 Å². The Kier molecular flexibility index (Phi) is 1.63. The molecule has 0 aromatic heterocycles. The zero-order chi connectivity index (χ0) is 5.98. The molecule has 1 aliphatic heterocycles. The lowest BCUT2D eigenvalue weighted by Crippen LogP contribution is -2.24. The molecule has 0 amide bonds. The minimum Gasteiger partial charge on any atom is -0.374 e. The summed E-state index contributed by atoms with van der Waals surface area (Å²) in [5.74, 6) is 0.486. The van der Waals surface area contributed by atoms with Crippen molar-refractivity contribution in [3.05, 3.63) is 0 Å². The minimum atomic E-state index is 0.240. The van der Waals surface area contributed by atoms with Crippen molar-refractivity contribution in [2.24, 2.45) is 5.92 Å². The average Bonchev–Trinajstić information content (AvgIpc) is 1.77. The normalized spacial score (nSPS) is 30.6. The van der Waals surface area contributed by atoms with Crippen molar-refractivity contribution in [1.82, 2.24) is 0 Å². The largest absolute Gasteiger partial charge is 0.374 e. The highest BCUT2D eigenvalue weighted by Gasteiger charge is 2.16. The molecule has 1 rings (SSSR count). The van der Waals surface area contributed by atoms with Gasteiger partial charge in [-0.25, -0.2) is 0 Å². The Hall–Kier alpha value is -0.370. The van der Waals surface area contributed by atoms with Crippen LogP contribution < -0.4 is 0 Å². The average molecular weight is 114 g/mol. The zero-order valence-electron chi connectivity index (χ0n) is 5.02. The standard InChI is InChI=1S/C6H10O2/c1-5-2-3-8-4-6(5)7/h5H,2-4H2,1H3/t5-/m0/s1. The molecule has 0 aromatic rings. The first-order valence-electron chi connectivity index (χ1n) is 2.91. The highest BCUT2D eigenvalue weighted by molar-refractivity contribution is 5.82. The van der Waals surface area contributed by atoms with E-state index in [9.17, 15) is 4.79 Å². The molecular weight excluding hydrogens is 104 g/mol.